The molecular weight excluding hydrogens is 222 g/mol. The fourth-order valence-electron chi connectivity index (χ4n) is 2.52. The van der Waals surface area contributed by atoms with Crippen LogP contribution < -0.4 is 0 Å². The number of rotatable bonds is 3. The average Bonchev–Trinajstić information content (AvgIpc) is 2.71. The van der Waals surface area contributed by atoms with Gasteiger partial charge in [0.2, 0.25) is 0 Å². The minimum Gasteiger partial charge on any atom is -0.478 e. The fraction of sp³-hybridized carbons (Fsp3) is 0.562. The molecule has 0 radical (unpaired) electrons. The van der Waals surface area contributed by atoms with Gasteiger partial charge < -0.3 is 4.74 Å². The Morgan fingerprint density at radius 1 is 1.22 bits per heavy atom. The van der Waals surface area contributed by atoms with Gasteiger partial charge in [-0.2, -0.15) is 0 Å². The van der Waals surface area contributed by atoms with Gasteiger partial charge >= 0.3 is 0 Å². The minimum absolute atomic E-state index is 0.339. The summed E-state index contributed by atoms with van der Waals surface area (Å²) in [5.74, 6) is 1.46. The molecule has 0 aliphatic carbocycles. The van der Waals surface area contributed by atoms with E-state index in [0.29, 0.717) is 12.0 Å². The smallest absolute Gasteiger partial charge is 0.188 e. The molecule has 1 atom stereocenters. The second-order valence-electron chi connectivity index (χ2n) is 5.70. The molecule has 1 aliphatic rings. The molecule has 0 spiro atoms. The van der Waals surface area contributed by atoms with Crippen LogP contribution in [0.3, 0.4) is 0 Å². The molecule has 2 nitrogen and oxygen atoms in total. The number of aryl methyl sites for hydroxylation is 3. The maximum absolute atomic E-state index is 5.72. The summed E-state index contributed by atoms with van der Waals surface area (Å²) in [5, 5.41) is 0. The van der Waals surface area contributed by atoms with E-state index in [1.807, 2.05) is 0 Å². The maximum atomic E-state index is 5.72. The Kier molecular flexibility index (Phi) is 3.74. The first-order valence-electron chi connectivity index (χ1n) is 6.73. The minimum atomic E-state index is 0.339. The van der Waals surface area contributed by atoms with Crippen LogP contribution in [0.25, 0.3) is 0 Å². The first-order valence-corrected chi connectivity index (χ1v) is 6.73. The summed E-state index contributed by atoms with van der Waals surface area (Å²) in [6.07, 6.45) is 0.834. The average molecular weight is 245 g/mol. The van der Waals surface area contributed by atoms with Gasteiger partial charge in [0, 0.05) is 6.42 Å². The van der Waals surface area contributed by atoms with Gasteiger partial charge in [0.05, 0.1) is 6.04 Å². The van der Waals surface area contributed by atoms with Crippen molar-refractivity contribution in [3.8, 4) is 0 Å². The number of hydrogen-bond acceptors (Lipinski definition) is 2. The van der Waals surface area contributed by atoms with Crippen LogP contribution in [0.1, 0.15) is 36.1 Å². The Hall–Kier alpha value is -1.31. The molecule has 1 aromatic rings. The molecule has 0 N–H and O–H groups in total. The van der Waals surface area contributed by atoms with E-state index in [-0.39, 0.29) is 0 Å². The third kappa shape index (κ3) is 2.74. The molecule has 1 aliphatic heterocycles. The lowest BCUT2D eigenvalue weighted by molar-refractivity contribution is 0.287. The Morgan fingerprint density at radius 2 is 1.83 bits per heavy atom. The predicted molar refractivity (Wildman–Crippen MR) is 76.4 cm³/mol. The quantitative estimate of drug-likeness (QED) is 0.797. The van der Waals surface area contributed by atoms with E-state index in [4.69, 9.17) is 4.74 Å². The van der Waals surface area contributed by atoms with Crippen molar-refractivity contribution < 1.29 is 4.74 Å². The van der Waals surface area contributed by atoms with Crippen LogP contribution in [0.5, 0.6) is 0 Å². The number of nitrogens with zero attached hydrogens (tertiary/aromatic N) is 1. The van der Waals surface area contributed by atoms with Crippen molar-refractivity contribution in [2.75, 3.05) is 6.61 Å². The number of ether oxygens (including phenoxy) is 1. The zero-order valence-electron chi connectivity index (χ0n) is 12.1. The molecule has 2 rings (SSSR count). The van der Waals surface area contributed by atoms with Gasteiger partial charge in [-0.05, 0) is 43.4 Å². The van der Waals surface area contributed by atoms with Crippen molar-refractivity contribution in [3.63, 3.8) is 0 Å². The largest absolute Gasteiger partial charge is 0.478 e. The summed E-state index contributed by atoms with van der Waals surface area (Å²) in [7, 11) is 0. The Labute approximate surface area is 110 Å². The third-order valence-corrected chi connectivity index (χ3v) is 3.67. The highest BCUT2D eigenvalue weighted by Gasteiger charge is 2.22. The third-order valence-electron chi connectivity index (χ3n) is 3.67. The van der Waals surface area contributed by atoms with E-state index in [1.54, 1.807) is 0 Å². The summed E-state index contributed by atoms with van der Waals surface area (Å²) >= 11 is 0. The highest BCUT2D eigenvalue weighted by Crippen LogP contribution is 2.21. The van der Waals surface area contributed by atoms with Gasteiger partial charge in [0.15, 0.2) is 5.90 Å². The van der Waals surface area contributed by atoms with Crippen molar-refractivity contribution in [1.82, 2.24) is 0 Å². The number of hydrogen-bond donors (Lipinski definition) is 0. The van der Waals surface area contributed by atoms with Gasteiger partial charge in [0.1, 0.15) is 6.61 Å². The Morgan fingerprint density at radius 3 is 2.33 bits per heavy atom. The lowest BCUT2D eigenvalue weighted by Crippen LogP contribution is -2.13. The van der Waals surface area contributed by atoms with E-state index < -0.39 is 0 Å². The monoisotopic (exact) mass is 245 g/mol. The van der Waals surface area contributed by atoms with E-state index in [9.17, 15) is 0 Å². The molecule has 18 heavy (non-hydrogen) atoms. The normalized spacial score (nSPS) is 19.0. The van der Waals surface area contributed by atoms with Gasteiger partial charge in [-0.1, -0.05) is 31.5 Å². The number of aliphatic imine (C=N–C) groups is 1. The van der Waals surface area contributed by atoms with Gasteiger partial charge in [-0.15, -0.1) is 0 Å². The molecule has 0 bridgehead atoms. The molecule has 0 amide bonds. The van der Waals surface area contributed by atoms with Crippen LogP contribution in [0, 0.1) is 26.7 Å². The SMILES string of the molecule is Cc1cc(C)c(CC2=N[C@H](C(C)C)CO2)c(C)c1. The topological polar surface area (TPSA) is 21.6 Å². The lowest BCUT2D eigenvalue weighted by atomic mass is 9.97. The predicted octanol–water partition coefficient (Wildman–Crippen LogP) is 3.61. The second kappa shape index (κ2) is 5.13. The molecule has 98 valence electrons. The van der Waals surface area contributed by atoms with Crippen LogP contribution >= 0.6 is 0 Å². The molecule has 0 saturated carbocycles. The first-order chi connectivity index (χ1) is 8.47. The first kappa shape index (κ1) is 13.1. The maximum Gasteiger partial charge on any atom is 0.188 e. The number of benzene rings is 1. The summed E-state index contributed by atoms with van der Waals surface area (Å²) in [6, 6.07) is 4.81. The summed E-state index contributed by atoms with van der Waals surface area (Å²) < 4.78 is 5.72. The van der Waals surface area contributed by atoms with E-state index >= 15 is 0 Å². The summed E-state index contributed by atoms with van der Waals surface area (Å²) in [4.78, 5) is 4.68. The highest BCUT2D eigenvalue weighted by atomic mass is 16.5. The van der Waals surface area contributed by atoms with Crippen molar-refractivity contribution in [1.29, 1.82) is 0 Å². The standard InChI is InChI=1S/C16H23NO/c1-10(2)15-9-18-16(17-15)8-14-12(4)6-11(3)7-13(14)5/h6-7,10,15H,8-9H2,1-5H3/t15-/m0/s1. The molecule has 0 aromatic heterocycles. The molecule has 0 fully saturated rings. The molecule has 0 unspecified atom stereocenters. The second-order valence-corrected chi connectivity index (χ2v) is 5.70. The fourth-order valence-corrected chi connectivity index (χ4v) is 2.52. The molecule has 1 heterocycles. The molecular formula is C16H23NO. The van der Waals surface area contributed by atoms with Crippen LogP contribution in [0.2, 0.25) is 0 Å². The lowest BCUT2D eigenvalue weighted by Gasteiger charge is -2.10. The van der Waals surface area contributed by atoms with Gasteiger partial charge in [-0.25, -0.2) is 4.99 Å². The van der Waals surface area contributed by atoms with Crippen molar-refractivity contribution in [2.45, 2.75) is 47.1 Å². The zero-order chi connectivity index (χ0) is 13.3. The Balaban J connectivity index is 2.18. The highest BCUT2D eigenvalue weighted by molar-refractivity contribution is 5.81. The molecule has 0 saturated heterocycles. The summed E-state index contributed by atoms with van der Waals surface area (Å²) in [6.45, 7) is 11.6. The van der Waals surface area contributed by atoms with Gasteiger partial charge in [-0.3, -0.25) is 0 Å². The van der Waals surface area contributed by atoms with Gasteiger partial charge in [0.25, 0.3) is 0 Å². The summed E-state index contributed by atoms with van der Waals surface area (Å²) in [5.41, 5.74) is 5.37. The van der Waals surface area contributed by atoms with Crippen LogP contribution in [0.4, 0.5) is 0 Å². The Bertz CT molecular complexity index is 451. The van der Waals surface area contributed by atoms with E-state index in [2.05, 4.69) is 51.7 Å². The zero-order valence-corrected chi connectivity index (χ0v) is 12.1. The molecule has 2 heteroatoms. The van der Waals surface area contributed by atoms with Crippen LogP contribution in [0.15, 0.2) is 17.1 Å². The van der Waals surface area contributed by atoms with Crippen LogP contribution in [-0.4, -0.2) is 18.5 Å². The van der Waals surface area contributed by atoms with E-state index in [1.165, 1.54) is 22.3 Å². The van der Waals surface area contributed by atoms with Crippen molar-refractivity contribution in [2.24, 2.45) is 10.9 Å². The molecule has 1 aromatic carbocycles. The van der Waals surface area contributed by atoms with Crippen molar-refractivity contribution >= 4 is 5.90 Å². The van der Waals surface area contributed by atoms with Crippen LogP contribution in [-0.2, 0) is 11.2 Å². The van der Waals surface area contributed by atoms with Crippen molar-refractivity contribution in [3.05, 3.63) is 34.4 Å². The van der Waals surface area contributed by atoms with E-state index in [0.717, 1.165) is 18.9 Å².